The fourth-order valence-electron chi connectivity index (χ4n) is 3.34. The number of nitrogens with two attached hydrogens (primary N) is 1. The van der Waals surface area contributed by atoms with Crippen LogP contribution in [0.15, 0.2) is 24.3 Å². The topological polar surface area (TPSA) is 47.3 Å². The van der Waals surface area contributed by atoms with Gasteiger partial charge in [-0.05, 0) is 46.6 Å². The Kier molecular flexibility index (Phi) is 3.74. The Morgan fingerprint density at radius 1 is 1.21 bits per heavy atom. The predicted octanol–water partition coefficient (Wildman–Crippen LogP) is 3.09. The highest BCUT2D eigenvalue weighted by Crippen LogP contribution is 2.47. The normalized spacial score (nSPS) is 26.3. The van der Waals surface area contributed by atoms with Crippen LogP contribution in [0.4, 0.5) is 0 Å². The van der Waals surface area contributed by atoms with Crippen molar-refractivity contribution < 1.29 is 4.74 Å². The van der Waals surface area contributed by atoms with Crippen molar-refractivity contribution in [3.63, 3.8) is 0 Å². The zero-order valence-corrected chi connectivity index (χ0v) is 12.7. The van der Waals surface area contributed by atoms with E-state index in [1.165, 1.54) is 11.1 Å². The van der Waals surface area contributed by atoms with E-state index in [1.807, 2.05) is 0 Å². The molecule has 1 aliphatic rings. The molecule has 0 aromatic heterocycles. The summed E-state index contributed by atoms with van der Waals surface area (Å²) in [5.41, 5.74) is 5.22. The maximum atomic E-state index is 6.18. The third kappa shape index (κ3) is 2.99. The Hall–Kier alpha value is -0.900. The molecule has 1 heterocycles. The fraction of sp³-hybridized carbons (Fsp3) is 0.625. The van der Waals surface area contributed by atoms with Crippen LogP contribution in [0.1, 0.15) is 51.3 Å². The van der Waals surface area contributed by atoms with Gasteiger partial charge in [0.2, 0.25) is 0 Å². The molecule has 0 bridgehead atoms. The molecule has 0 aliphatic carbocycles. The number of benzene rings is 1. The third-order valence-electron chi connectivity index (χ3n) is 4.16. The van der Waals surface area contributed by atoms with Crippen molar-refractivity contribution in [2.75, 3.05) is 0 Å². The molecule has 1 fully saturated rings. The van der Waals surface area contributed by atoms with Gasteiger partial charge in [0, 0.05) is 5.92 Å². The lowest BCUT2D eigenvalue weighted by molar-refractivity contribution is -0.0779. The molecular formula is C16H26N2O. The van der Waals surface area contributed by atoms with Crippen LogP contribution in [-0.2, 0) is 4.74 Å². The van der Waals surface area contributed by atoms with Gasteiger partial charge in [-0.1, -0.05) is 29.8 Å². The maximum Gasteiger partial charge on any atom is 0.0681 e. The molecule has 2 unspecified atom stereocenters. The number of hydrogen-bond acceptors (Lipinski definition) is 3. The summed E-state index contributed by atoms with van der Waals surface area (Å²) in [7, 11) is 0. The standard InChI is InChI=1S/C16H26N2O/c1-11-6-8-12(9-7-11)14(18-17)13-10-15(2,3)19-16(13,4)5/h6-9,13-14,18H,10,17H2,1-5H3. The number of ether oxygens (including phenoxy) is 1. The SMILES string of the molecule is Cc1ccc(C(NN)C2CC(C)(C)OC2(C)C)cc1. The van der Waals surface area contributed by atoms with Gasteiger partial charge in [0.15, 0.2) is 0 Å². The molecule has 3 N–H and O–H groups in total. The van der Waals surface area contributed by atoms with E-state index in [0.717, 1.165) is 6.42 Å². The summed E-state index contributed by atoms with van der Waals surface area (Å²) in [6.07, 6.45) is 1.00. The molecule has 106 valence electrons. The van der Waals surface area contributed by atoms with Gasteiger partial charge in [-0.3, -0.25) is 11.3 Å². The molecule has 2 rings (SSSR count). The van der Waals surface area contributed by atoms with Gasteiger partial charge in [0.05, 0.1) is 17.2 Å². The van der Waals surface area contributed by atoms with Crippen LogP contribution in [0.5, 0.6) is 0 Å². The van der Waals surface area contributed by atoms with E-state index in [-0.39, 0.29) is 17.2 Å². The highest BCUT2D eigenvalue weighted by Gasteiger charge is 2.49. The van der Waals surface area contributed by atoms with Crippen molar-refractivity contribution >= 4 is 0 Å². The molecule has 1 saturated heterocycles. The first kappa shape index (κ1) is 14.5. The number of hydrogen-bond donors (Lipinski definition) is 2. The first-order valence-electron chi connectivity index (χ1n) is 6.98. The predicted molar refractivity (Wildman–Crippen MR) is 78.6 cm³/mol. The van der Waals surface area contributed by atoms with Crippen LogP contribution in [0.3, 0.4) is 0 Å². The van der Waals surface area contributed by atoms with Crippen LogP contribution in [0.25, 0.3) is 0 Å². The van der Waals surface area contributed by atoms with Crippen molar-refractivity contribution in [3.8, 4) is 0 Å². The van der Waals surface area contributed by atoms with E-state index in [4.69, 9.17) is 10.6 Å². The van der Waals surface area contributed by atoms with Crippen LogP contribution in [0, 0.1) is 12.8 Å². The van der Waals surface area contributed by atoms with Gasteiger partial charge in [-0.15, -0.1) is 0 Å². The second kappa shape index (κ2) is 4.89. The molecule has 19 heavy (non-hydrogen) atoms. The number of rotatable bonds is 3. The number of aryl methyl sites for hydroxylation is 1. The van der Waals surface area contributed by atoms with Gasteiger partial charge >= 0.3 is 0 Å². The highest BCUT2D eigenvalue weighted by atomic mass is 16.5. The van der Waals surface area contributed by atoms with Gasteiger partial charge in [-0.25, -0.2) is 0 Å². The monoisotopic (exact) mass is 262 g/mol. The van der Waals surface area contributed by atoms with Crippen LogP contribution in [0.2, 0.25) is 0 Å². The molecule has 2 atom stereocenters. The zero-order valence-electron chi connectivity index (χ0n) is 12.7. The van der Waals surface area contributed by atoms with Gasteiger partial charge in [-0.2, -0.15) is 0 Å². The zero-order chi connectivity index (χ0) is 14.3. The van der Waals surface area contributed by atoms with Gasteiger partial charge in [0.25, 0.3) is 0 Å². The lowest BCUT2D eigenvalue weighted by Crippen LogP contribution is -2.41. The summed E-state index contributed by atoms with van der Waals surface area (Å²) < 4.78 is 6.18. The molecule has 1 aromatic rings. The summed E-state index contributed by atoms with van der Waals surface area (Å²) in [6, 6.07) is 8.70. The minimum atomic E-state index is -0.175. The Labute approximate surface area is 116 Å². The van der Waals surface area contributed by atoms with Crippen LogP contribution < -0.4 is 11.3 Å². The second-order valence-corrected chi connectivity index (χ2v) is 6.83. The quantitative estimate of drug-likeness (QED) is 0.650. The molecule has 1 aromatic carbocycles. The van der Waals surface area contributed by atoms with E-state index < -0.39 is 0 Å². The Bertz CT molecular complexity index is 437. The lowest BCUT2D eigenvalue weighted by Gasteiger charge is -2.33. The highest BCUT2D eigenvalue weighted by molar-refractivity contribution is 5.25. The van der Waals surface area contributed by atoms with Crippen molar-refractivity contribution in [2.45, 2.75) is 58.3 Å². The van der Waals surface area contributed by atoms with Crippen molar-refractivity contribution in [1.82, 2.24) is 5.43 Å². The molecule has 0 saturated carbocycles. The first-order valence-corrected chi connectivity index (χ1v) is 6.98. The number of nitrogens with one attached hydrogen (secondary N) is 1. The van der Waals surface area contributed by atoms with Crippen LogP contribution in [-0.4, -0.2) is 11.2 Å². The Morgan fingerprint density at radius 3 is 2.21 bits per heavy atom. The molecule has 0 amide bonds. The second-order valence-electron chi connectivity index (χ2n) is 6.83. The van der Waals surface area contributed by atoms with Crippen molar-refractivity contribution in [3.05, 3.63) is 35.4 Å². The minimum absolute atomic E-state index is 0.0893. The van der Waals surface area contributed by atoms with Gasteiger partial charge < -0.3 is 4.74 Å². The Balaban J connectivity index is 2.29. The van der Waals surface area contributed by atoms with E-state index in [2.05, 4.69) is 64.3 Å². The summed E-state index contributed by atoms with van der Waals surface area (Å²) in [5, 5.41) is 0. The maximum absolute atomic E-state index is 6.18. The largest absolute Gasteiger partial charge is 0.369 e. The minimum Gasteiger partial charge on any atom is -0.369 e. The summed E-state index contributed by atoms with van der Waals surface area (Å²) in [4.78, 5) is 0. The molecule has 0 radical (unpaired) electrons. The molecule has 3 nitrogen and oxygen atoms in total. The van der Waals surface area contributed by atoms with Crippen molar-refractivity contribution in [1.29, 1.82) is 0 Å². The van der Waals surface area contributed by atoms with Crippen LogP contribution >= 0.6 is 0 Å². The summed E-state index contributed by atoms with van der Waals surface area (Å²) in [5.74, 6) is 6.18. The molecule has 1 aliphatic heterocycles. The first-order chi connectivity index (χ1) is 8.75. The van der Waals surface area contributed by atoms with Crippen molar-refractivity contribution in [2.24, 2.45) is 11.8 Å². The fourth-order valence-corrected chi connectivity index (χ4v) is 3.34. The third-order valence-corrected chi connectivity index (χ3v) is 4.16. The summed E-state index contributed by atoms with van der Waals surface area (Å²) in [6.45, 7) is 10.7. The lowest BCUT2D eigenvalue weighted by atomic mass is 9.79. The van der Waals surface area contributed by atoms with E-state index in [1.54, 1.807) is 0 Å². The Morgan fingerprint density at radius 2 is 1.79 bits per heavy atom. The number of hydrazine groups is 1. The average Bonchev–Trinajstić information content (AvgIpc) is 2.51. The summed E-state index contributed by atoms with van der Waals surface area (Å²) >= 11 is 0. The van der Waals surface area contributed by atoms with Gasteiger partial charge in [0.1, 0.15) is 0 Å². The van der Waals surface area contributed by atoms with E-state index >= 15 is 0 Å². The smallest absolute Gasteiger partial charge is 0.0681 e. The molecular weight excluding hydrogens is 236 g/mol. The van der Waals surface area contributed by atoms with E-state index in [9.17, 15) is 0 Å². The molecule has 0 spiro atoms. The van der Waals surface area contributed by atoms with E-state index in [0.29, 0.717) is 5.92 Å². The molecule has 3 heteroatoms. The average molecular weight is 262 g/mol.